The molecule has 1 atom stereocenters. The van der Waals surface area contributed by atoms with Crippen LogP contribution in [-0.2, 0) is 11.2 Å². The van der Waals surface area contributed by atoms with Gasteiger partial charge in [-0.15, -0.1) is 0 Å². The van der Waals surface area contributed by atoms with E-state index in [0.29, 0.717) is 11.3 Å². The molecule has 0 radical (unpaired) electrons. The lowest BCUT2D eigenvalue weighted by Crippen LogP contribution is -2.45. The van der Waals surface area contributed by atoms with Gasteiger partial charge in [0.1, 0.15) is 11.8 Å². The minimum atomic E-state index is -0.802. The second kappa shape index (κ2) is 7.26. The van der Waals surface area contributed by atoms with Crippen molar-refractivity contribution in [1.29, 1.82) is 0 Å². The summed E-state index contributed by atoms with van der Waals surface area (Å²) in [5, 5.41) is 2.66. The Kier molecular flexibility index (Phi) is 5.14. The molecule has 2 aromatic rings. The van der Waals surface area contributed by atoms with E-state index in [9.17, 15) is 9.59 Å². The number of carbonyl (C=O) groups excluding carboxylic acids is 2. The fraction of sp³-hybridized carbons (Fsp3) is 0.176. The van der Waals surface area contributed by atoms with Gasteiger partial charge in [-0.1, -0.05) is 36.4 Å². The number of para-hydroxylation sites is 1. The average Bonchev–Trinajstić information content (AvgIpc) is 2.55. The molecule has 0 aromatic heterocycles. The molecule has 0 aliphatic heterocycles. The van der Waals surface area contributed by atoms with E-state index in [1.54, 1.807) is 37.4 Å². The van der Waals surface area contributed by atoms with Crippen LogP contribution >= 0.6 is 0 Å². The van der Waals surface area contributed by atoms with Crippen LogP contribution in [0.15, 0.2) is 54.6 Å². The number of hydrogen-bond acceptors (Lipinski definition) is 3. The number of ether oxygens (including phenoxy) is 1. The third-order valence-corrected chi connectivity index (χ3v) is 3.30. The third kappa shape index (κ3) is 3.85. The summed E-state index contributed by atoms with van der Waals surface area (Å²) in [5.41, 5.74) is 6.70. The van der Waals surface area contributed by atoms with Gasteiger partial charge < -0.3 is 15.8 Å². The number of benzene rings is 2. The van der Waals surface area contributed by atoms with Gasteiger partial charge in [-0.2, -0.15) is 0 Å². The predicted octanol–water partition coefficient (Wildman–Crippen LogP) is 1.52. The molecule has 5 heteroatoms. The van der Waals surface area contributed by atoms with Gasteiger partial charge in [0.05, 0.1) is 7.11 Å². The van der Waals surface area contributed by atoms with Gasteiger partial charge in [-0.3, -0.25) is 9.59 Å². The Morgan fingerprint density at radius 2 is 1.73 bits per heavy atom. The summed E-state index contributed by atoms with van der Waals surface area (Å²) >= 11 is 0. The van der Waals surface area contributed by atoms with Crippen molar-refractivity contribution in [2.45, 2.75) is 12.5 Å². The first-order valence-corrected chi connectivity index (χ1v) is 6.89. The first-order valence-electron chi connectivity index (χ1n) is 6.89. The molecule has 3 N–H and O–H groups in total. The Bertz CT molecular complexity index is 656. The summed E-state index contributed by atoms with van der Waals surface area (Å²) in [6, 6.07) is 15.2. The molecule has 22 heavy (non-hydrogen) atoms. The largest absolute Gasteiger partial charge is 0.496 e. The summed E-state index contributed by atoms with van der Waals surface area (Å²) in [5.74, 6) is -0.266. The highest BCUT2D eigenvalue weighted by Gasteiger charge is 2.20. The van der Waals surface area contributed by atoms with Gasteiger partial charge in [0.2, 0.25) is 5.91 Å². The predicted molar refractivity (Wildman–Crippen MR) is 83.6 cm³/mol. The first-order chi connectivity index (χ1) is 10.6. The van der Waals surface area contributed by atoms with Crippen LogP contribution in [0.5, 0.6) is 5.75 Å². The smallest absolute Gasteiger partial charge is 0.251 e. The maximum Gasteiger partial charge on any atom is 0.251 e. The lowest BCUT2D eigenvalue weighted by Gasteiger charge is -2.17. The number of primary amides is 1. The molecular formula is C17H18N2O3. The van der Waals surface area contributed by atoms with Crippen molar-refractivity contribution in [1.82, 2.24) is 5.32 Å². The minimum Gasteiger partial charge on any atom is -0.496 e. The molecule has 2 aromatic carbocycles. The third-order valence-electron chi connectivity index (χ3n) is 3.30. The summed E-state index contributed by atoms with van der Waals surface area (Å²) in [4.78, 5) is 23.8. The number of methoxy groups -OCH3 is 1. The van der Waals surface area contributed by atoms with Crippen LogP contribution in [0.1, 0.15) is 15.9 Å². The van der Waals surface area contributed by atoms with Crippen molar-refractivity contribution in [2.75, 3.05) is 7.11 Å². The molecule has 0 heterocycles. The summed E-state index contributed by atoms with van der Waals surface area (Å²) in [7, 11) is 1.56. The molecular weight excluding hydrogens is 280 g/mol. The SMILES string of the molecule is COc1ccccc1C[C@@H](NC(=O)c1ccccc1)C(N)=O. The van der Waals surface area contributed by atoms with Crippen molar-refractivity contribution in [3.63, 3.8) is 0 Å². The number of rotatable bonds is 6. The molecule has 0 fully saturated rings. The number of nitrogens with two attached hydrogens (primary N) is 1. The zero-order valence-electron chi connectivity index (χ0n) is 12.3. The number of amides is 2. The minimum absolute atomic E-state index is 0.276. The Morgan fingerprint density at radius 1 is 1.09 bits per heavy atom. The monoisotopic (exact) mass is 298 g/mol. The van der Waals surface area contributed by atoms with Crippen molar-refractivity contribution in [2.24, 2.45) is 5.73 Å². The second-order valence-corrected chi connectivity index (χ2v) is 4.81. The number of carbonyl (C=O) groups is 2. The summed E-state index contributed by atoms with van der Waals surface area (Å²) in [6.45, 7) is 0. The van der Waals surface area contributed by atoms with Crippen LogP contribution in [0.25, 0.3) is 0 Å². The molecule has 0 saturated carbocycles. The Hall–Kier alpha value is -2.82. The van der Waals surface area contributed by atoms with E-state index in [1.165, 1.54) is 0 Å². The highest BCUT2D eigenvalue weighted by atomic mass is 16.5. The van der Waals surface area contributed by atoms with Crippen molar-refractivity contribution >= 4 is 11.8 Å². The van der Waals surface area contributed by atoms with Gasteiger partial charge in [-0.05, 0) is 23.8 Å². The Balaban J connectivity index is 2.14. The zero-order chi connectivity index (χ0) is 15.9. The number of nitrogens with one attached hydrogen (secondary N) is 1. The van der Waals surface area contributed by atoms with E-state index in [-0.39, 0.29) is 12.3 Å². The quantitative estimate of drug-likeness (QED) is 0.848. The van der Waals surface area contributed by atoms with Crippen LogP contribution < -0.4 is 15.8 Å². The number of hydrogen-bond donors (Lipinski definition) is 2. The van der Waals surface area contributed by atoms with Crippen molar-refractivity contribution < 1.29 is 14.3 Å². The summed E-state index contributed by atoms with van der Waals surface area (Å²) < 4.78 is 5.25. The van der Waals surface area contributed by atoms with Crippen LogP contribution in [0.4, 0.5) is 0 Å². The zero-order valence-corrected chi connectivity index (χ0v) is 12.3. The van der Waals surface area contributed by atoms with Gasteiger partial charge in [0.25, 0.3) is 5.91 Å². The van der Waals surface area contributed by atoms with E-state index >= 15 is 0 Å². The molecule has 0 aliphatic rings. The van der Waals surface area contributed by atoms with E-state index in [0.717, 1.165) is 5.56 Å². The van der Waals surface area contributed by atoms with Crippen LogP contribution in [-0.4, -0.2) is 25.0 Å². The van der Waals surface area contributed by atoms with Crippen LogP contribution in [0.2, 0.25) is 0 Å². The van der Waals surface area contributed by atoms with Gasteiger partial charge in [-0.25, -0.2) is 0 Å². The van der Waals surface area contributed by atoms with E-state index in [4.69, 9.17) is 10.5 Å². The maximum absolute atomic E-state index is 12.2. The molecule has 0 saturated heterocycles. The van der Waals surface area contributed by atoms with Crippen molar-refractivity contribution in [3.8, 4) is 5.75 Å². The molecule has 0 spiro atoms. The normalized spacial score (nSPS) is 11.5. The van der Waals surface area contributed by atoms with Crippen LogP contribution in [0.3, 0.4) is 0 Å². The molecule has 2 rings (SSSR count). The summed E-state index contributed by atoms with van der Waals surface area (Å²) in [6.07, 6.45) is 0.276. The van der Waals surface area contributed by atoms with Gasteiger partial charge in [0, 0.05) is 12.0 Å². The second-order valence-electron chi connectivity index (χ2n) is 4.81. The highest BCUT2D eigenvalue weighted by Crippen LogP contribution is 2.19. The molecule has 0 aliphatic carbocycles. The lowest BCUT2D eigenvalue weighted by molar-refractivity contribution is -0.119. The fourth-order valence-electron chi connectivity index (χ4n) is 2.15. The van der Waals surface area contributed by atoms with Gasteiger partial charge >= 0.3 is 0 Å². The highest BCUT2D eigenvalue weighted by molar-refractivity contribution is 5.97. The van der Waals surface area contributed by atoms with E-state index in [1.807, 2.05) is 24.3 Å². The average molecular weight is 298 g/mol. The Morgan fingerprint density at radius 3 is 2.36 bits per heavy atom. The lowest BCUT2D eigenvalue weighted by atomic mass is 10.0. The van der Waals surface area contributed by atoms with E-state index < -0.39 is 11.9 Å². The molecule has 114 valence electrons. The van der Waals surface area contributed by atoms with E-state index in [2.05, 4.69) is 5.32 Å². The molecule has 0 unspecified atom stereocenters. The molecule has 0 bridgehead atoms. The van der Waals surface area contributed by atoms with Crippen LogP contribution in [0, 0.1) is 0 Å². The molecule has 2 amide bonds. The van der Waals surface area contributed by atoms with Gasteiger partial charge in [0.15, 0.2) is 0 Å². The first kappa shape index (κ1) is 15.6. The maximum atomic E-state index is 12.2. The standard InChI is InChI=1S/C17H18N2O3/c1-22-15-10-6-5-9-13(15)11-14(16(18)20)19-17(21)12-7-3-2-4-8-12/h2-10,14H,11H2,1H3,(H2,18,20)(H,19,21)/t14-/m1/s1. The van der Waals surface area contributed by atoms with Crippen molar-refractivity contribution in [3.05, 3.63) is 65.7 Å². The molecule has 5 nitrogen and oxygen atoms in total. The topological polar surface area (TPSA) is 81.4 Å². The fourth-order valence-corrected chi connectivity index (χ4v) is 2.15. The Labute approximate surface area is 129 Å².